The third kappa shape index (κ3) is 5.89. The Kier molecular flexibility index (Phi) is 8.32. The minimum atomic E-state index is 0.819. The monoisotopic (exact) mass is 799 g/mol. The van der Waals surface area contributed by atoms with E-state index in [-0.39, 0.29) is 0 Å². The molecule has 3 aromatic heterocycles. The third-order valence-corrected chi connectivity index (χ3v) is 12.9. The number of anilines is 6. The Morgan fingerprint density at radius 2 is 0.967 bits per heavy atom. The van der Waals surface area contributed by atoms with Crippen LogP contribution in [0.3, 0.4) is 0 Å². The van der Waals surface area contributed by atoms with Crippen molar-refractivity contribution in [3.8, 4) is 16.8 Å². The Bertz CT molecular complexity index is 3540. The number of thiophene rings is 1. The number of para-hydroxylation sites is 3. The van der Waals surface area contributed by atoms with E-state index in [0.717, 1.165) is 72.8 Å². The van der Waals surface area contributed by atoms with E-state index in [1.807, 2.05) is 11.3 Å². The minimum Gasteiger partial charge on any atom is -0.439 e. The molecule has 3 heterocycles. The highest BCUT2D eigenvalue weighted by atomic mass is 32.1. The van der Waals surface area contributed by atoms with E-state index in [9.17, 15) is 0 Å². The van der Waals surface area contributed by atoms with Crippen molar-refractivity contribution in [2.45, 2.75) is 0 Å². The van der Waals surface area contributed by atoms with Crippen LogP contribution >= 0.6 is 11.3 Å². The molecule has 288 valence electrons. The maximum Gasteiger partial charge on any atom is 0.213 e. The van der Waals surface area contributed by atoms with Gasteiger partial charge in [0, 0.05) is 65.1 Å². The lowest BCUT2D eigenvalue weighted by molar-refractivity contribution is 0.645. The number of nitrogens with zero attached hydrogens (tertiary/aromatic N) is 3. The van der Waals surface area contributed by atoms with Crippen molar-refractivity contribution >= 4 is 98.6 Å². The van der Waals surface area contributed by atoms with Crippen LogP contribution in [0.4, 0.5) is 34.1 Å². The Morgan fingerprint density at radius 3 is 1.75 bits per heavy atom. The highest BCUT2D eigenvalue weighted by Gasteiger charge is 2.24. The largest absolute Gasteiger partial charge is 0.439 e. The van der Waals surface area contributed by atoms with Gasteiger partial charge in [-0.25, -0.2) is 0 Å². The summed E-state index contributed by atoms with van der Waals surface area (Å²) in [6.07, 6.45) is 0. The van der Waals surface area contributed by atoms with Crippen LogP contribution in [0.25, 0.3) is 70.0 Å². The Labute approximate surface area is 357 Å². The summed E-state index contributed by atoms with van der Waals surface area (Å²) in [4.78, 5) is 4.74. The predicted molar refractivity (Wildman–Crippen MR) is 258 cm³/mol. The smallest absolute Gasteiger partial charge is 0.213 e. The van der Waals surface area contributed by atoms with Gasteiger partial charge in [-0.05, 0) is 114 Å². The van der Waals surface area contributed by atoms with Gasteiger partial charge in [0.1, 0.15) is 5.58 Å². The molecule has 4 nitrogen and oxygen atoms in total. The van der Waals surface area contributed by atoms with Crippen LogP contribution in [0.1, 0.15) is 0 Å². The molecule has 0 saturated heterocycles. The lowest BCUT2D eigenvalue weighted by Crippen LogP contribution is -2.10. The summed E-state index contributed by atoms with van der Waals surface area (Å²) in [6.45, 7) is 0. The van der Waals surface area contributed by atoms with Crippen molar-refractivity contribution in [3.63, 3.8) is 0 Å². The quantitative estimate of drug-likeness (QED) is 0.153. The second-order valence-electron chi connectivity index (χ2n) is 15.3. The van der Waals surface area contributed by atoms with Gasteiger partial charge < -0.3 is 14.2 Å². The Hall–Kier alpha value is -7.86. The van der Waals surface area contributed by atoms with Crippen LogP contribution in [0.15, 0.2) is 229 Å². The summed E-state index contributed by atoms with van der Waals surface area (Å²) in [5, 5.41) is 5.81. The molecular formula is C56H37N3OS. The third-order valence-electron chi connectivity index (χ3n) is 11.7. The number of hydrogen-bond acceptors (Lipinski definition) is 4. The Balaban J connectivity index is 1.09. The van der Waals surface area contributed by atoms with Gasteiger partial charge in [0.2, 0.25) is 5.71 Å². The highest BCUT2D eigenvalue weighted by Crippen LogP contribution is 2.48. The average Bonchev–Trinajstić information content (AvgIpc) is 3.99. The van der Waals surface area contributed by atoms with E-state index in [1.165, 1.54) is 31.3 Å². The molecule has 0 radical (unpaired) electrons. The van der Waals surface area contributed by atoms with Gasteiger partial charge in [-0.2, -0.15) is 0 Å². The number of rotatable bonds is 8. The van der Waals surface area contributed by atoms with E-state index in [1.54, 1.807) is 0 Å². The zero-order chi connectivity index (χ0) is 40.3. The summed E-state index contributed by atoms with van der Waals surface area (Å²) in [7, 11) is 0. The second kappa shape index (κ2) is 14.5. The fourth-order valence-corrected chi connectivity index (χ4v) is 10.2. The molecular weight excluding hydrogens is 763 g/mol. The second-order valence-corrected chi connectivity index (χ2v) is 16.4. The molecule has 0 spiro atoms. The van der Waals surface area contributed by atoms with Gasteiger partial charge in [0.05, 0.1) is 16.6 Å². The molecule has 9 aromatic carbocycles. The maximum atomic E-state index is 6.94. The summed E-state index contributed by atoms with van der Waals surface area (Å²) in [5.74, 6) is 0. The van der Waals surface area contributed by atoms with Gasteiger partial charge in [-0.3, -0.25) is 4.57 Å². The molecule has 0 bridgehead atoms. The summed E-state index contributed by atoms with van der Waals surface area (Å²) in [5.41, 5.74) is 12.7. The average molecular weight is 800 g/mol. The molecule has 0 unspecified atom stereocenters. The number of furan rings is 1. The van der Waals surface area contributed by atoms with Crippen molar-refractivity contribution in [1.82, 2.24) is 4.57 Å². The van der Waals surface area contributed by atoms with Crippen molar-refractivity contribution in [2.24, 2.45) is 0 Å². The molecule has 12 aromatic rings. The normalized spacial score (nSPS) is 11.6. The number of fused-ring (bicyclic) bond motifs is 8. The zero-order valence-corrected chi connectivity index (χ0v) is 33.8. The van der Waals surface area contributed by atoms with E-state index < -0.39 is 0 Å². The highest BCUT2D eigenvalue weighted by molar-refractivity contribution is 7.26. The molecule has 0 amide bonds. The van der Waals surface area contributed by atoms with E-state index >= 15 is 0 Å². The maximum absolute atomic E-state index is 6.94. The SMILES string of the molecule is c1ccc(-c2cccc(N(c3ccccc3)c3ccc4oc5c(c4c3)c3ccc(N(c4ccccc4)c4cccc6sc7ccccc7c46)cc3n5-c3ccccc3)c2)cc1. The summed E-state index contributed by atoms with van der Waals surface area (Å²) in [6, 6.07) is 80.2. The van der Waals surface area contributed by atoms with Crippen molar-refractivity contribution in [3.05, 3.63) is 224 Å². The Morgan fingerprint density at radius 1 is 0.377 bits per heavy atom. The fourth-order valence-electron chi connectivity index (χ4n) is 9.05. The first-order chi connectivity index (χ1) is 30.3. The molecule has 0 atom stereocenters. The first kappa shape index (κ1) is 35.1. The standard InChI is InChI=1S/C56H37N3OS/c1-5-17-38(18-6-1)39-19-15-26-43(35-39)57(40-20-7-2-8-21-40)44-32-34-51-48(36-44)54-46-33-31-45(37-50(46)59(56(54)60-51)42-24-11-4-12-25-42)58(41-22-9-3-10-23-41)49-28-16-30-53-55(49)47-27-13-14-29-52(47)61-53/h1-37H. The minimum absolute atomic E-state index is 0.819. The first-order valence-corrected chi connectivity index (χ1v) is 21.4. The van der Waals surface area contributed by atoms with Crippen molar-refractivity contribution in [1.29, 1.82) is 0 Å². The van der Waals surface area contributed by atoms with Gasteiger partial charge >= 0.3 is 0 Å². The van der Waals surface area contributed by atoms with Gasteiger partial charge in [-0.15, -0.1) is 11.3 Å². The van der Waals surface area contributed by atoms with Gasteiger partial charge in [0.25, 0.3) is 0 Å². The molecule has 0 aliphatic heterocycles. The van der Waals surface area contributed by atoms with Crippen LogP contribution in [0.2, 0.25) is 0 Å². The summed E-state index contributed by atoms with van der Waals surface area (Å²) >= 11 is 1.84. The topological polar surface area (TPSA) is 24.6 Å². The lowest BCUT2D eigenvalue weighted by atomic mass is 10.0. The predicted octanol–water partition coefficient (Wildman–Crippen LogP) is 16.5. The van der Waals surface area contributed by atoms with E-state index in [0.29, 0.717) is 0 Å². The number of aromatic nitrogens is 1. The van der Waals surface area contributed by atoms with Crippen LogP contribution in [0, 0.1) is 0 Å². The summed E-state index contributed by atoms with van der Waals surface area (Å²) < 4.78 is 11.8. The number of hydrogen-bond donors (Lipinski definition) is 0. The number of benzene rings is 9. The first-order valence-electron chi connectivity index (χ1n) is 20.6. The van der Waals surface area contributed by atoms with Crippen LogP contribution < -0.4 is 9.80 Å². The van der Waals surface area contributed by atoms with Crippen LogP contribution in [0.5, 0.6) is 0 Å². The molecule has 61 heavy (non-hydrogen) atoms. The van der Waals surface area contributed by atoms with E-state index in [4.69, 9.17) is 4.42 Å². The van der Waals surface area contributed by atoms with Crippen LogP contribution in [-0.4, -0.2) is 4.57 Å². The molecule has 0 fully saturated rings. The van der Waals surface area contributed by atoms with Crippen LogP contribution in [-0.2, 0) is 0 Å². The van der Waals surface area contributed by atoms with Gasteiger partial charge in [-0.1, -0.05) is 121 Å². The molecule has 0 aliphatic rings. The molecule has 0 aliphatic carbocycles. The van der Waals surface area contributed by atoms with E-state index in [2.05, 4.69) is 239 Å². The lowest BCUT2D eigenvalue weighted by Gasteiger charge is -2.27. The molecule has 0 saturated carbocycles. The molecule has 5 heteroatoms. The fraction of sp³-hybridized carbons (Fsp3) is 0. The van der Waals surface area contributed by atoms with Crippen molar-refractivity contribution < 1.29 is 4.42 Å². The van der Waals surface area contributed by atoms with Crippen molar-refractivity contribution in [2.75, 3.05) is 9.80 Å². The zero-order valence-electron chi connectivity index (χ0n) is 33.0. The molecule has 0 N–H and O–H groups in total. The van der Waals surface area contributed by atoms with Gasteiger partial charge in [0.15, 0.2) is 0 Å². The molecule has 12 rings (SSSR count).